The second-order valence-electron chi connectivity index (χ2n) is 7.52. The first-order valence-electron chi connectivity index (χ1n) is 10.2. The molecule has 2 aliphatic rings. The fourth-order valence-electron chi connectivity index (χ4n) is 3.88. The number of carbonyl (C=O) groups excluding carboxylic acids is 1. The molecule has 2 aliphatic heterocycles. The third-order valence-electron chi connectivity index (χ3n) is 5.56. The summed E-state index contributed by atoms with van der Waals surface area (Å²) in [5, 5.41) is 0. The van der Waals surface area contributed by atoms with Gasteiger partial charge >= 0.3 is 0 Å². The highest BCUT2D eigenvalue weighted by atomic mass is 35.5. The number of hydrogen-bond acceptors (Lipinski definition) is 5. The van der Waals surface area contributed by atoms with E-state index in [4.69, 9.17) is 14.1 Å². The van der Waals surface area contributed by atoms with Crippen molar-refractivity contribution in [2.75, 3.05) is 32.8 Å². The van der Waals surface area contributed by atoms with E-state index in [0.717, 1.165) is 63.0 Å². The lowest BCUT2D eigenvalue weighted by molar-refractivity contribution is -0.130. The number of rotatable bonds is 7. The second kappa shape index (κ2) is 12.1. The maximum Gasteiger partial charge on any atom is 0.219 e. The fourth-order valence-corrected chi connectivity index (χ4v) is 3.88. The van der Waals surface area contributed by atoms with Gasteiger partial charge in [-0.25, -0.2) is 0 Å². The average Bonchev–Trinajstić information content (AvgIpc) is 3.13. The molecule has 0 saturated carbocycles. The van der Waals surface area contributed by atoms with Gasteiger partial charge in [0.15, 0.2) is 0 Å². The van der Waals surface area contributed by atoms with Gasteiger partial charge in [0.1, 0.15) is 17.6 Å². The number of benzene rings is 1. The van der Waals surface area contributed by atoms with Crippen molar-refractivity contribution < 1.29 is 18.9 Å². The smallest absolute Gasteiger partial charge is 0.219 e. The highest BCUT2D eigenvalue weighted by Crippen LogP contribution is 2.22. The number of likely N-dealkylation sites (tertiary alicyclic amines) is 2. The van der Waals surface area contributed by atoms with Crippen LogP contribution in [-0.2, 0) is 4.79 Å². The van der Waals surface area contributed by atoms with Crippen LogP contribution in [0.3, 0.4) is 0 Å². The Morgan fingerprint density at radius 1 is 1.11 bits per heavy atom. The second-order valence-corrected chi connectivity index (χ2v) is 7.52. The molecular formula is C21H33ClN2O4. The zero-order valence-electron chi connectivity index (χ0n) is 17.0. The summed E-state index contributed by atoms with van der Waals surface area (Å²) in [4.78, 5) is 15.8. The number of ether oxygens (including phenoxy) is 2. The Balaban J connectivity index is 0.00000136. The number of piperidine rings is 1. The predicted octanol–water partition coefficient (Wildman–Crippen LogP) is 3.46. The molecule has 0 aromatic heterocycles. The first-order valence-corrected chi connectivity index (χ1v) is 10.5. The Bertz CT molecular complexity index is 576. The van der Waals surface area contributed by atoms with Crippen LogP contribution in [0.1, 0.15) is 46.0 Å². The normalized spacial score (nSPS) is 20.4. The average molecular weight is 413 g/mol. The molecule has 6 nitrogen and oxygen atoms in total. The van der Waals surface area contributed by atoms with Gasteiger partial charge in [0.2, 0.25) is 5.91 Å². The van der Waals surface area contributed by atoms with Gasteiger partial charge < -0.3 is 19.3 Å². The van der Waals surface area contributed by atoms with E-state index in [-0.39, 0.29) is 12.0 Å². The number of nitrogens with zero attached hydrogens (tertiary/aromatic N) is 2. The van der Waals surface area contributed by atoms with Crippen molar-refractivity contribution in [3.8, 4) is 11.5 Å². The molecule has 0 unspecified atom stereocenters. The molecule has 0 aliphatic carbocycles. The monoisotopic (exact) mass is 412 g/mol. The van der Waals surface area contributed by atoms with E-state index in [2.05, 4.69) is 23.7 Å². The minimum Gasteiger partial charge on any atom is -0.494 e. The summed E-state index contributed by atoms with van der Waals surface area (Å²) in [6.45, 7) is 8.64. The van der Waals surface area contributed by atoms with Gasteiger partial charge in [0, 0.05) is 45.4 Å². The fraction of sp³-hybridized carbons (Fsp3) is 0.667. The molecule has 158 valence electrons. The van der Waals surface area contributed by atoms with Crippen molar-refractivity contribution in [3.63, 3.8) is 0 Å². The van der Waals surface area contributed by atoms with Crippen molar-refractivity contribution >= 4 is 17.8 Å². The Kier molecular flexibility index (Phi) is 9.88. The van der Waals surface area contributed by atoms with Gasteiger partial charge in [-0.05, 0) is 57.0 Å². The summed E-state index contributed by atoms with van der Waals surface area (Å²) < 4.78 is 18.4. The standard InChI is InChI=1S/C21H32N2O3.ClHO/c1-17-5-3-12-22(17)13-4-16-25-19-6-8-20(9-7-19)26-21-10-14-23(15-11-21)18(2)24;1-2/h6-9,17,21H,3-5,10-16H2,1-2H3;2H/t17-;/m1./s1. The highest BCUT2D eigenvalue weighted by molar-refractivity contribution is 6.04. The topological polar surface area (TPSA) is 62.2 Å². The van der Waals surface area contributed by atoms with Gasteiger partial charge in [-0.15, -0.1) is 0 Å². The van der Waals surface area contributed by atoms with Crippen LogP contribution in [0.25, 0.3) is 0 Å². The zero-order chi connectivity index (χ0) is 20.4. The van der Waals surface area contributed by atoms with Crippen molar-refractivity contribution in [3.05, 3.63) is 24.3 Å². The Hall–Kier alpha value is -1.50. The molecule has 2 saturated heterocycles. The molecule has 0 bridgehead atoms. The van der Waals surface area contributed by atoms with E-state index >= 15 is 0 Å². The van der Waals surface area contributed by atoms with E-state index in [0.29, 0.717) is 0 Å². The molecule has 1 atom stereocenters. The van der Waals surface area contributed by atoms with Crippen molar-refractivity contribution in [2.45, 2.75) is 58.1 Å². The van der Waals surface area contributed by atoms with Gasteiger partial charge in [-0.3, -0.25) is 9.45 Å². The Labute approximate surface area is 173 Å². The summed E-state index contributed by atoms with van der Waals surface area (Å²) in [7, 11) is 0. The van der Waals surface area contributed by atoms with Crippen LogP contribution in [-0.4, -0.2) is 65.3 Å². The third kappa shape index (κ3) is 7.15. The largest absolute Gasteiger partial charge is 0.494 e. The van der Waals surface area contributed by atoms with Crippen molar-refractivity contribution in [1.82, 2.24) is 9.80 Å². The molecule has 0 radical (unpaired) electrons. The van der Waals surface area contributed by atoms with Gasteiger partial charge in [-0.2, -0.15) is 0 Å². The minimum absolute atomic E-state index is 0.157. The minimum atomic E-state index is 0.157. The lowest BCUT2D eigenvalue weighted by Gasteiger charge is -2.31. The summed E-state index contributed by atoms with van der Waals surface area (Å²) in [5.74, 6) is 1.94. The lowest BCUT2D eigenvalue weighted by atomic mass is 10.1. The Morgan fingerprint density at radius 2 is 1.75 bits per heavy atom. The molecule has 2 fully saturated rings. The van der Waals surface area contributed by atoms with Crippen LogP contribution in [0.15, 0.2) is 24.3 Å². The van der Waals surface area contributed by atoms with E-state index in [1.54, 1.807) is 6.92 Å². The first kappa shape index (κ1) is 22.8. The zero-order valence-corrected chi connectivity index (χ0v) is 17.7. The molecule has 3 rings (SSSR count). The van der Waals surface area contributed by atoms with Crippen LogP contribution >= 0.6 is 11.9 Å². The van der Waals surface area contributed by atoms with Crippen molar-refractivity contribution in [2.24, 2.45) is 0 Å². The molecule has 1 aromatic rings. The quantitative estimate of drug-likeness (QED) is 0.695. The van der Waals surface area contributed by atoms with Crippen molar-refractivity contribution in [1.29, 1.82) is 0 Å². The molecule has 7 heteroatoms. The number of halogens is 1. The predicted molar refractivity (Wildman–Crippen MR) is 111 cm³/mol. The van der Waals surface area contributed by atoms with Gasteiger partial charge in [-0.1, -0.05) is 0 Å². The number of hydrogen-bond donors (Lipinski definition) is 1. The maximum absolute atomic E-state index is 11.4. The molecule has 1 amide bonds. The molecule has 2 heterocycles. The van der Waals surface area contributed by atoms with E-state index in [9.17, 15) is 4.79 Å². The van der Waals surface area contributed by atoms with E-state index in [1.165, 1.54) is 19.4 Å². The lowest BCUT2D eigenvalue weighted by Crippen LogP contribution is -2.40. The van der Waals surface area contributed by atoms with Gasteiger partial charge in [0.25, 0.3) is 0 Å². The van der Waals surface area contributed by atoms with Crippen LogP contribution < -0.4 is 9.47 Å². The van der Waals surface area contributed by atoms with Gasteiger partial charge in [0.05, 0.1) is 18.5 Å². The summed E-state index contributed by atoms with van der Waals surface area (Å²) >= 11 is 3.64. The molecule has 0 spiro atoms. The molecular weight excluding hydrogens is 380 g/mol. The van der Waals surface area contributed by atoms with Crippen LogP contribution in [0.4, 0.5) is 0 Å². The molecule has 1 aromatic carbocycles. The van der Waals surface area contributed by atoms with Crippen LogP contribution in [0.2, 0.25) is 0 Å². The maximum atomic E-state index is 11.4. The Morgan fingerprint density at radius 3 is 2.32 bits per heavy atom. The molecule has 28 heavy (non-hydrogen) atoms. The SMILES string of the molecule is CC(=O)N1CCC(Oc2ccc(OCCCN3CCC[C@H]3C)cc2)CC1.OCl. The van der Waals surface area contributed by atoms with Crippen LogP contribution in [0.5, 0.6) is 11.5 Å². The van der Waals surface area contributed by atoms with E-state index < -0.39 is 0 Å². The summed E-state index contributed by atoms with van der Waals surface area (Å²) in [6, 6.07) is 8.66. The van der Waals surface area contributed by atoms with Crippen LogP contribution in [0, 0.1) is 0 Å². The third-order valence-corrected chi connectivity index (χ3v) is 5.56. The number of carbonyl (C=O) groups is 1. The summed E-state index contributed by atoms with van der Waals surface area (Å²) in [6.07, 6.45) is 5.71. The summed E-state index contributed by atoms with van der Waals surface area (Å²) in [5.41, 5.74) is 0. The van der Waals surface area contributed by atoms with E-state index in [1.807, 2.05) is 29.2 Å². The number of amides is 1. The highest BCUT2D eigenvalue weighted by Gasteiger charge is 2.22. The molecule has 1 N–H and O–H groups in total. The first-order chi connectivity index (χ1) is 13.6.